The van der Waals surface area contributed by atoms with E-state index in [1.54, 1.807) is 0 Å². The zero-order valence-corrected chi connectivity index (χ0v) is 11.7. The lowest BCUT2D eigenvalue weighted by Gasteiger charge is -2.45. The Kier molecular flexibility index (Phi) is 4.77. The first kappa shape index (κ1) is 15.1. The van der Waals surface area contributed by atoms with Gasteiger partial charge in [0.15, 0.2) is 0 Å². The normalized spacial score (nSPS) is 25.9. The van der Waals surface area contributed by atoms with Crippen molar-refractivity contribution in [3.8, 4) is 0 Å². The molecule has 0 amide bonds. The zero-order valence-electron chi connectivity index (χ0n) is 11.7. The minimum absolute atomic E-state index is 0.0174. The van der Waals surface area contributed by atoms with Crippen LogP contribution in [0.1, 0.15) is 51.4 Å². The van der Waals surface area contributed by atoms with Crippen molar-refractivity contribution in [2.75, 3.05) is 20.1 Å². The van der Waals surface area contributed by atoms with Crippen LogP contribution in [0.3, 0.4) is 0 Å². The quantitative estimate of drug-likeness (QED) is 0.830. The molecule has 1 aliphatic carbocycles. The third-order valence-electron chi connectivity index (χ3n) is 4.92. The van der Waals surface area contributed by atoms with Crippen LogP contribution < -0.4 is 5.32 Å². The van der Waals surface area contributed by atoms with Crippen LogP contribution in [0.2, 0.25) is 0 Å². The average molecular weight is 278 g/mol. The largest absolute Gasteiger partial charge is 0.389 e. The first-order valence-electron chi connectivity index (χ1n) is 7.47. The van der Waals surface area contributed by atoms with Gasteiger partial charge in [0, 0.05) is 18.0 Å². The number of likely N-dealkylation sites (N-methyl/N-ethyl adjacent to an activating group) is 1. The van der Waals surface area contributed by atoms with E-state index in [0.717, 1.165) is 38.8 Å². The van der Waals surface area contributed by atoms with E-state index in [-0.39, 0.29) is 18.0 Å². The van der Waals surface area contributed by atoms with Crippen LogP contribution >= 0.6 is 0 Å². The van der Waals surface area contributed by atoms with Crippen molar-refractivity contribution in [3.05, 3.63) is 0 Å². The fourth-order valence-corrected chi connectivity index (χ4v) is 4.02. The Hall–Kier alpha value is -0.290. The van der Waals surface area contributed by atoms with Crippen LogP contribution in [0.15, 0.2) is 0 Å². The fraction of sp³-hybridized carbons (Fsp3) is 1.00. The third kappa shape index (κ3) is 3.43. The Morgan fingerprint density at radius 3 is 2.16 bits per heavy atom. The summed E-state index contributed by atoms with van der Waals surface area (Å²) in [5.41, 5.74) is -0.0174. The van der Waals surface area contributed by atoms with Gasteiger partial charge in [-0.3, -0.25) is 4.90 Å². The second kappa shape index (κ2) is 6.00. The highest BCUT2D eigenvalue weighted by Crippen LogP contribution is 2.42. The Morgan fingerprint density at radius 1 is 1.11 bits per heavy atom. The summed E-state index contributed by atoms with van der Waals surface area (Å²) in [5, 5.41) is 3.19. The van der Waals surface area contributed by atoms with Crippen LogP contribution in [0.4, 0.5) is 13.2 Å². The molecule has 1 unspecified atom stereocenters. The summed E-state index contributed by atoms with van der Waals surface area (Å²) in [5.74, 6) is 0. The molecule has 19 heavy (non-hydrogen) atoms. The van der Waals surface area contributed by atoms with Crippen molar-refractivity contribution in [2.24, 2.45) is 0 Å². The third-order valence-corrected chi connectivity index (χ3v) is 4.92. The Morgan fingerprint density at radius 2 is 1.68 bits per heavy atom. The van der Waals surface area contributed by atoms with Gasteiger partial charge in [-0.15, -0.1) is 0 Å². The predicted octanol–water partition coefficient (Wildman–Crippen LogP) is 3.33. The first-order valence-corrected chi connectivity index (χ1v) is 7.47. The van der Waals surface area contributed by atoms with E-state index in [4.69, 9.17) is 0 Å². The van der Waals surface area contributed by atoms with Crippen molar-refractivity contribution in [1.82, 2.24) is 10.2 Å². The molecule has 1 aliphatic heterocycles. The smallest absolute Gasteiger partial charge is 0.315 e. The molecule has 2 nitrogen and oxygen atoms in total. The fourth-order valence-electron chi connectivity index (χ4n) is 4.02. The number of hydrogen-bond acceptors (Lipinski definition) is 2. The summed E-state index contributed by atoms with van der Waals surface area (Å²) in [6.45, 7) is 2.12. The highest BCUT2D eigenvalue weighted by atomic mass is 19.4. The zero-order chi connectivity index (χ0) is 13.9. The maximum atomic E-state index is 12.5. The standard InChI is InChI=1S/C14H25F3N2/c1-18-12(6-9-14(15,16)17)13(7-2-3-8-13)19-10-4-5-11-19/h12,18H,2-11H2,1H3. The van der Waals surface area contributed by atoms with E-state index in [1.807, 2.05) is 7.05 Å². The maximum Gasteiger partial charge on any atom is 0.389 e. The van der Waals surface area contributed by atoms with Crippen molar-refractivity contribution in [3.63, 3.8) is 0 Å². The van der Waals surface area contributed by atoms with E-state index in [9.17, 15) is 13.2 Å². The number of nitrogens with zero attached hydrogens (tertiary/aromatic N) is 1. The predicted molar refractivity (Wildman–Crippen MR) is 70.1 cm³/mol. The summed E-state index contributed by atoms with van der Waals surface area (Å²) >= 11 is 0. The SMILES string of the molecule is CNC(CCC(F)(F)F)C1(N2CCCC2)CCCC1. The molecule has 2 aliphatic rings. The molecule has 2 fully saturated rings. The summed E-state index contributed by atoms with van der Waals surface area (Å²) in [6.07, 6.45) is 2.29. The molecule has 0 aromatic heterocycles. The van der Waals surface area contributed by atoms with Gasteiger partial charge in [-0.05, 0) is 52.2 Å². The van der Waals surface area contributed by atoms with E-state index in [0.29, 0.717) is 0 Å². The molecule has 1 heterocycles. The number of halogens is 3. The Balaban J connectivity index is 2.07. The molecule has 112 valence electrons. The first-order chi connectivity index (χ1) is 8.98. The lowest BCUT2D eigenvalue weighted by Crippen LogP contribution is -2.58. The van der Waals surface area contributed by atoms with Gasteiger partial charge in [-0.1, -0.05) is 12.8 Å². The summed E-state index contributed by atoms with van der Waals surface area (Å²) < 4.78 is 37.5. The second-order valence-electron chi connectivity index (χ2n) is 6.00. The minimum atomic E-state index is -4.04. The molecule has 0 aromatic rings. The van der Waals surface area contributed by atoms with Gasteiger partial charge < -0.3 is 5.32 Å². The second-order valence-corrected chi connectivity index (χ2v) is 6.00. The average Bonchev–Trinajstić information content (AvgIpc) is 2.99. The Labute approximate surface area is 113 Å². The lowest BCUT2D eigenvalue weighted by molar-refractivity contribution is -0.138. The molecule has 1 atom stereocenters. The summed E-state index contributed by atoms with van der Waals surface area (Å²) in [7, 11) is 1.82. The molecule has 5 heteroatoms. The topological polar surface area (TPSA) is 15.3 Å². The number of hydrogen-bond donors (Lipinski definition) is 1. The molecule has 0 bridgehead atoms. The van der Waals surface area contributed by atoms with Gasteiger partial charge in [0.1, 0.15) is 0 Å². The maximum absolute atomic E-state index is 12.5. The molecular formula is C14H25F3N2. The van der Waals surface area contributed by atoms with Gasteiger partial charge in [-0.25, -0.2) is 0 Å². The number of rotatable bonds is 5. The van der Waals surface area contributed by atoms with E-state index >= 15 is 0 Å². The molecule has 1 saturated heterocycles. The molecule has 2 rings (SSSR count). The van der Waals surface area contributed by atoms with Crippen LogP contribution in [0, 0.1) is 0 Å². The van der Waals surface area contributed by atoms with Gasteiger partial charge in [0.25, 0.3) is 0 Å². The highest BCUT2D eigenvalue weighted by molar-refractivity contribution is 5.04. The molecule has 1 saturated carbocycles. The van der Waals surface area contributed by atoms with E-state index < -0.39 is 12.6 Å². The van der Waals surface area contributed by atoms with Gasteiger partial charge in [0.05, 0.1) is 0 Å². The molecule has 1 N–H and O–H groups in total. The molecule has 0 spiro atoms. The van der Waals surface area contributed by atoms with Gasteiger partial charge in [0.2, 0.25) is 0 Å². The van der Waals surface area contributed by atoms with Crippen LogP contribution in [-0.2, 0) is 0 Å². The van der Waals surface area contributed by atoms with Gasteiger partial charge in [-0.2, -0.15) is 13.2 Å². The monoisotopic (exact) mass is 278 g/mol. The van der Waals surface area contributed by atoms with Crippen LogP contribution in [0.5, 0.6) is 0 Å². The molecule has 0 aromatic carbocycles. The number of likely N-dealkylation sites (tertiary alicyclic amines) is 1. The van der Waals surface area contributed by atoms with Crippen LogP contribution in [-0.4, -0.2) is 42.8 Å². The summed E-state index contributed by atoms with van der Waals surface area (Å²) in [4.78, 5) is 2.47. The molecule has 0 radical (unpaired) electrons. The number of alkyl halides is 3. The minimum Gasteiger partial charge on any atom is -0.315 e. The highest BCUT2D eigenvalue weighted by Gasteiger charge is 2.46. The molecular weight excluding hydrogens is 253 g/mol. The van der Waals surface area contributed by atoms with Crippen molar-refractivity contribution >= 4 is 0 Å². The number of nitrogens with one attached hydrogen (secondary N) is 1. The summed E-state index contributed by atoms with van der Waals surface area (Å²) in [6, 6.07) is -0.0327. The van der Waals surface area contributed by atoms with E-state index in [1.165, 1.54) is 12.8 Å². The van der Waals surface area contributed by atoms with Crippen molar-refractivity contribution in [1.29, 1.82) is 0 Å². The van der Waals surface area contributed by atoms with Gasteiger partial charge >= 0.3 is 6.18 Å². The van der Waals surface area contributed by atoms with E-state index in [2.05, 4.69) is 10.2 Å². The van der Waals surface area contributed by atoms with Crippen LogP contribution in [0.25, 0.3) is 0 Å². The van der Waals surface area contributed by atoms with Crippen molar-refractivity contribution < 1.29 is 13.2 Å². The lowest BCUT2D eigenvalue weighted by atomic mass is 9.83. The Bertz CT molecular complexity index is 279. The van der Waals surface area contributed by atoms with Crippen molar-refractivity contribution in [2.45, 2.75) is 69.1 Å².